The van der Waals surface area contributed by atoms with Crippen molar-refractivity contribution in [3.63, 3.8) is 0 Å². The van der Waals surface area contributed by atoms with Gasteiger partial charge in [0, 0.05) is 61.4 Å². The molecule has 0 spiro atoms. The lowest BCUT2D eigenvalue weighted by Crippen LogP contribution is -2.43. The Bertz CT molecular complexity index is 2860. The van der Waals surface area contributed by atoms with Gasteiger partial charge in [0.05, 0.1) is 35.7 Å². The maximum absolute atomic E-state index is 14.8. The predicted molar refractivity (Wildman–Crippen MR) is 254 cm³/mol. The normalized spacial score (nSPS) is 29.9. The molecule has 0 aliphatic carbocycles. The number of anilines is 1. The van der Waals surface area contributed by atoms with Crippen molar-refractivity contribution in [3.8, 4) is 17.2 Å². The van der Waals surface area contributed by atoms with Crippen LogP contribution in [0.1, 0.15) is 73.8 Å². The van der Waals surface area contributed by atoms with E-state index in [1.165, 1.54) is 46.3 Å². The number of aromatic hydroxyl groups is 1. The number of methoxy groups -OCH3 is 1. The molecule has 16 nitrogen and oxygen atoms in total. The number of esters is 1. The first kappa shape index (κ1) is 48.9. The summed E-state index contributed by atoms with van der Waals surface area (Å²) in [6.07, 6.45) is 7.54. The number of benzene rings is 3. The third-order valence-corrected chi connectivity index (χ3v) is 14.3. The molecule has 3 aromatic carbocycles. The van der Waals surface area contributed by atoms with E-state index in [2.05, 4.69) is 17.3 Å². The zero-order valence-electron chi connectivity index (χ0n) is 40.1. The summed E-state index contributed by atoms with van der Waals surface area (Å²) in [4.78, 5) is 62.2. The molecule has 1 saturated heterocycles. The van der Waals surface area contributed by atoms with Crippen LogP contribution in [0.2, 0.25) is 0 Å². The number of phenolic OH excluding ortho intramolecular Hbond substituents is 1. The lowest BCUT2D eigenvalue weighted by atomic mass is 9.73. The summed E-state index contributed by atoms with van der Waals surface area (Å²) < 4.78 is 36.8. The summed E-state index contributed by atoms with van der Waals surface area (Å²) in [5, 5.41) is 37.8. The van der Waals surface area contributed by atoms with Crippen LogP contribution < -0.4 is 30.9 Å². The predicted octanol–water partition coefficient (Wildman–Crippen LogP) is 6.56. The molecule has 0 saturated carbocycles. The van der Waals surface area contributed by atoms with Gasteiger partial charge in [-0.1, -0.05) is 52.8 Å². The first-order valence-corrected chi connectivity index (χ1v) is 22.9. The second kappa shape index (κ2) is 19.3. The van der Waals surface area contributed by atoms with Crippen molar-refractivity contribution in [2.45, 2.75) is 99.3 Å². The number of aliphatic hydroxyl groups excluding tert-OH is 2. The van der Waals surface area contributed by atoms with Crippen molar-refractivity contribution in [1.82, 2.24) is 9.88 Å². The molecule has 7 rings (SSSR count). The van der Waals surface area contributed by atoms with Crippen LogP contribution in [0.3, 0.4) is 0 Å². The van der Waals surface area contributed by atoms with Crippen molar-refractivity contribution >= 4 is 56.3 Å². The van der Waals surface area contributed by atoms with Gasteiger partial charge in [0.15, 0.2) is 22.4 Å². The number of amides is 1. The number of nitrogens with zero attached hydrogens (tertiary/aromatic N) is 2. The fourth-order valence-electron chi connectivity index (χ4n) is 9.61. The Balaban J connectivity index is 1.44. The van der Waals surface area contributed by atoms with Crippen LogP contribution in [0.25, 0.3) is 38.7 Å². The first-order valence-electron chi connectivity index (χ1n) is 22.9. The Morgan fingerprint density at radius 3 is 2.34 bits per heavy atom. The maximum atomic E-state index is 14.8. The Morgan fingerprint density at radius 2 is 1.67 bits per heavy atom. The molecule has 0 radical (unpaired) electrons. The van der Waals surface area contributed by atoms with Crippen molar-refractivity contribution in [3.05, 3.63) is 79.5 Å². The number of allylic oxidation sites excluding steroid dienone is 2. The molecule has 360 valence electrons. The van der Waals surface area contributed by atoms with Gasteiger partial charge in [0.2, 0.25) is 10.9 Å². The highest BCUT2D eigenvalue weighted by Gasteiger charge is 2.44. The van der Waals surface area contributed by atoms with Crippen LogP contribution in [-0.2, 0) is 23.8 Å². The van der Waals surface area contributed by atoms with Gasteiger partial charge in [-0.15, -0.1) is 0 Å². The fraction of sp³-hybridized carbons (Fsp3) is 0.510. The van der Waals surface area contributed by atoms with Crippen molar-refractivity contribution in [2.24, 2.45) is 35.5 Å². The summed E-state index contributed by atoms with van der Waals surface area (Å²) in [6.45, 7) is 17.7. The van der Waals surface area contributed by atoms with Gasteiger partial charge in [0.25, 0.3) is 5.91 Å². The highest BCUT2D eigenvalue weighted by Crippen LogP contribution is 2.42. The largest absolute Gasteiger partial charge is 0.507 e. The number of fused-ring (bicyclic) bond motifs is 2. The summed E-state index contributed by atoms with van der Waals surface area (Å²) in [5.41, 5.74) is -2.10. The number of phenols is 1. The van der Waals surface area contributed by atoms with Gasteiger partial charge in [-0.3, -0.25) is 19.2 Å². The van der Waals surface area contributed by atoms with Gasteiger partial charge in [-0.2, -0.15) is 0 Å². The zero-order chi connectivity index (χ0) is 48.8. The fourth-order valence-corrected chi connectivity index (χ4v) is 9.61. The van der Waals surface area contributed by atoms with E-state index in [-0.39, 0.29) is 96.1 Å². The summed E-state index contributed by atoms with van der Waals surface area (Å²) in [6, 6.07) is 2.82. The topological polar surface area (TPSA) is 216 Å². The molecule has 67 heavy (non-hydrogen) atoms. The highest BCUT2D eigenvalue weighted by atomic mass is 16.7. The Labute approximate surface area is 388 Å². The highest BCUT2D eigenvalue weighted by molar-refractivity contribution is 6.16. The van der Waals surface area contributed by atoms with Gasteiger partial charge in [-0.25, -0.2) is 4.98 Å². The average molecular weight is 926 g/mol. The second-order valence-corrected chi connectivity index (χ2v) is 18.9. The number of rotatable bonds is 5. The number of aromatic nitrogens is 1. The Kier molecular flexibility index (Phi) is 14.1. The molecule has 4 bridgehead atoms. The first-order chi connectivity index (χ1) is 31.7. The lowest BCUT2D eigenvalue weighted by molar-refractivity contribution is -0.157. The smallest absolute Gasteiger partial charge is 0.307 e. The van der Waals surface area contributed by atoms with E-state index in [9.17, 15) is 34.5 Å². The van der Waals surface area contributed by atoms with Crippen molar-refractivity contribution in [2.75, 3.05) is 39.2 Å². The maximum Gasteiger partial charge on any atom is 0.307 e. The van der Waals surface area contributed by atoms with Crippen LogP contribution in [-0.4, -0.2) is 95.0 Å². The number of ether oxygens (including phenoxy) is 5. The van der Waals surface area contributed by atoms with Gasteiger partial charge < -0.3 is 53.6 Å². The van der Waals surface area contributed by atoms with E-state index in [1.54, 1.807) is 31.2 Å². The number of hydrogen-bond donors (Lipinski definition) is 4. The molecule has 4 N–H and O–H groups in total. The molecule has 1 aromatic heterocycles. The number of likely N-dealkylation sites (tertiary alicyclic amines) is 1. The molecule has 0 unspecified atom stereocenters. The summed E-state index contributed by atoms with van der Waals surface area (Å²) in [7, 11) is 3.57. The van der Waals surface area contributed by atoms with Crippen LogP contribution in [0, 0.1) is 42.4 Å². The number of aliphatic hydroxyl groups is 2. The standard InChI is InChI=1S/C51H63N3O13/c1-24-13-12-14-25(2)50(61)53-42-45(59)38-37(41-48(42)66-36-22-33(21-34(56)40(36)52-41)63-23-32-15-18-54(10)19-16-32)39-47(30(7)44(38)58)67-51(9,49(39)60)64-20-17-35(62-11)29(6)46(65-31(8)55)28(5)26(3)27(4)43(24)57/h12-14,17,20-22,24,26-29,32,35,43,46,57-58,60H,15-16,18-19,23H2,1-11H3,(H,53,61)/b13-12+,20-17+,25-14-/t24-,26+,27-,28+,29+,35-,43-,46-,51-/m0/s1. The molecule has 4 aromatic rings. The third-order valence-electron chi connectivity index (χ3n) is 14.3. The molecule has 16 heteroatoms. The van der Waals surface area contributed by atoms with Crippen molar-refractivity contribution < 1.29 is 53.0 Å². The number of carbonyl (C=O) groups excluding carboxylic acids is 2. The van der Waals surface area contributed by atoms with Crippen LogP contribution in [0.4, 0.5) is 5.69 Å². The molecule has 9 atom stereocenters. The van der Waals surface area contributed by atoms with Gasteiger partial charge in [0.1, 0.15) is 34.6 Å². The monoisotopic (exact) mass is 925 g/mol. The molecule has 3 aliphatic heterocycles. The molecule has 1 fully saturated rings. The van der Waals surface area contributed by atoms with E-state index in [0.717, 1.165) is 25.9 Å². The van der Waals surface area contributed by atoms with Crippen LogP contribution >= 0.6 is 0 Å². The number of piperidine rings is 1. The van der Waals surface area contributed by atoms with Crippen LogP contribution in [0.5, 0.6) is 17.2 Å². The van der Waals surface area contributed by atoms with E-state index < -0.39 is 64.3 Å². The summed E-state index contributed by atoms with van der Waals surface area (Å²) in [5.74, 6) is -5.16. The molecule has 4 heterocycles. The Hall–Kier alpha value is -5.97. The SMILES string of the molecule is CO[C@H]1/C=C/O[C@@]2(C)Oc3c(C)c(O)c4c(=O)c(c5oc6cc(OCC7CCN(C)CC7)cc(=O)c6nc5c4c3=C2O)NC(=O)/C(C)=C\C=C\[C@H](C)[C@H](O)[C@@H](C)[C@@H](C)[C@@H](C)[C@H](OC(C)=O)[C@@H]1C. The van der Waals surface area contributed by atoms with Crippen molar-refractivity contribution in [1.29, 1.82) is 0 Å². The zero-order valence-corrected chi connectivity index (χ0v) is 40.1. The minimum Gasteiger partial charge on any atom is -0.507 e. The average Bonchev–Trinajstić information content (AvgIpc) is 3.56. The molecular weight excluding hydrogens is 863 g/mol. The minimum absolute atomic E-state index is 0.0323. The van der Waals surface area contributed by atoms with Crippen LogP contribution in [0.15, 0.2) is 62.3 Å². The van der Waals surface area contributed by atoms with E-state index in [4.69, 9.17) is 33.1 Å². The van der Waals surface area contributed by atoms with E-state index in [0.29, 0.717) is 6.61 Å². The van der Waals surface area contributed by atoms with Gasteiger partial charge in [-0.05, 0) is 76.6 Å². The second-order valence-electron chi connectivity index (χ2n) is 18.9. The summed E-state index contributed by atoms with van der Waals surface area (Å²) >= 11 is 0. The van der Waals surface area contributed by atoms with E-state index >= 15 is 0 Å². The van der Waals surface area contributed by atoms with E-state index in [1.807, 2.05) is 34.6 Å². The Morgan fingerprint density at radius 1 is 0.970 bits per heavy atom. The molecule has 3 aliphatic rings. The minimum atomic E-state index is -1.95. The number of hydrogen-bond acceptors (Lipinski definition) is 15. The van der Waals surface area contributed by atoms with Gasteiger partial charge >= 0.3 is 11.8 Å². The number of nitrogens with one attached hydrogen (secondary N) is 1. The lowest BCUT2D eigenvalue weighted by Gasteiger charge is -2.39. The quantitative estimate of drug-likeness (QED) is 0.0948. The number of carbonyl (C=O) groups is 2. The molecular formula is C51H63N3O13. The third kappa shape index (κ3) is 9.35. The molecule has 1 amide bonds.